The monoisotopic (exact) mass is 1920 g/mol. The number of carboxylic acid groups (broad SMARTS) is 2. The van der Waals surface area contributed by atoms with Gasteiger partial charge in [-0.1, -0.05) is 96.1 Å². The topological polar surface area (TPSA) is 453 Å². The summed E-state index contributed by atoms with van der Waals surface area (Å²) in [4.78, 5) is 145. The number of nitrogens with two attached hydrogens (primary N) is 1. The summed E-state index contributed by atoms with van der Waals surface area (Å²) in [6.45, 7) is 7.09. The summed E-state index contributed by atoms with van der Waals surface area (Å²) < 4.78 is 175. The Labute approximate surface area is 767 Å². The number of benzene rings is 9. The number of carbonyl (C=O) groups excluding carboxylic acids is 11. The van der Waals surface area contributed by atoms with Crippen molar-refractivity contribution >= 4 is 102 Å². The molecule has 5 fully saturated rings. The van der Waals surface area contributed by atoms with Crippen LogP contribution in [0, 0.1) is 95.5 Å². The molecule has 28 nitrogen and oxygen atoms in total. The van der Waals surface area contributed by atoms with E-state index in [-0.39, 0.29) is 103 Å². The van der Waals surface area contributed by atoms with E-state index in [9.17, 15) is 110 Å². The lowest BCUT2D eigenvalue weighted by molar-refractivity contribution is -0.150. The summed E-state index contributed by atoms with van der Waals surface area (Å²) in [5.74, 6) is -17.0. The van der Waals surface area contributed by atoms with Crippen LogP contribution < -0.4 is 43.8 Å². The number of carbonyl (C=O) groups is 13. The van der Waals surface area contributed by atoms with E-state index >= 15 is 0 Å². The molecular formula is C92H90F12N8O20S2. The van der Waals surface area contributed by atoms with Crippen molar-refractivity contribution < 1.29 is 149 Å². The van der Waals surface area contributed by atoms with E-state index in [0.717, 1.165) is 118 Å². The van der Waals surface area contributed by atoms with Gasteiger partial charge in [0.1, 0.15) is 76.4 Å². The molecule has 0 bridgehead atoms. The Morgan fingerprint density at radius 1 is 0.507 bits per heavy atom. The Morgan fingerprint density at radius 2 is 0.888 bits per heavy atom. The van der Waals surface area contributed by atoms with Crippen LogP contribution in [-0.2, 0) is 78.3 Å². The molecule has 0 saturated carbocycles. The fraction of sp³-hybridized carbons (Fsp3) is 0.250. The van der Waals surface area contributed by atoms with Gasteiger partial charge in [0.05, 0.1) is 74.3 Å². The zero-order valence-corrected chi connectivity index (χ0v) is 73.4. The number of cyclic esters (lactones) is 2. The van der Waals surface area contributed by atoms with Gasteiger partial charge >= 0.3 is 35.9 Å². The Morgan fingerprint density at radius 3 is 1.28 bits per heavy atom. The van der Waals surface area contributed by atoms with Crippen LogP contribution in [0.5, 0.6) is 0 Å². The van der Waals surface area contributed by atoms with Crippen LogP contribution in [0.1, 0.15) is 131 Å². The number of carboxylic acids is 2. The molecule has 6 aliphatic rings. The van der Waals surface area contributed by atoms with Gasteiger partial charge in [0.25, 0.3) is 5.97 Å². The number of halogens is 12. The maximum atomic E-state index is 14.4. The first kappa shape index (κ1) is 110. The van der Waals surface area contributed by atoms with E-state index in [1.807, 2.05) is 85.8 Å². The molecule has 10 atom stereocenters. The van der Waals surface area contributed by atoms with E-state index < -0.39 is 182 Å². The number of thiol groups is 1. The third kappa shape index (κ3) is 33.9. The molecule has 0 spiro atoms. The summed E-state index contributed by atoms with van der Waals surface area (Å²) in [6.07, 6.45) is 1.53. The van der Waals surface area contributed by atoms with Gasteiger partial charge in [-0.05, 0) is 93.1 Å². The van der Waals surface area contributed by atoms with Crippen LogP contribution in [0.15, 0.2) is 210 Å². The van der Waals surface area contributed by atoms with Crippen molar-refractivity contribution in [3.8, 4) is 0 Å². The predicted molar refractivity (Wildman–Crippen MR) is 461 cm³/mol. The molecule has 134 heavy (non-hydrogen) atoms. The van der Waals surface area contributed by atoms with Gasteiger partial charge < -0.3 is 78.1 Å². The molecule has 6 heterocycles. The molecule has 0 radical (unpaired) electrons. The highest BCUT2D eigenvalue weighted by molar-refractivity contribution is 8.01. The summed E-state index contributed by atoms with van der Waals surface area (Å²) >= 11 is 5.27. The van der Waals surface area contributed by atoms with Gasteiger partial charge in [-0.2, -0.15) is 0 Å². The second-order valence-electron chi connectivity index (χ2n) is 28.9. The number of ether oxygens (including phenoxy) is 4. The average Bonchev–Trinajstić information content (AvgIpc) is 1.59. The number of aryl methyl sites for hydroxylation is 2. The van der Waals surface area contributed by atoms with Gasteiger partial charge in [0.2, 0.25) is 29.5 Å². The second kappa shape index (κ2) is 53.3. The van der Waals surface area contributed by atoms with Gasteiger partial charge in [0, 0.05) is 131 Å². The van der Waals surface area contributed by atoms with Crippen molar-refractivity contribution in [2.24, 2.45) is 17.6 Å². The zero-order chi connectivity index (χ0) is 98.7. The first-order chi connectivity index (χ1) is 62.9. The molecule has 14 N–H and O–H groups in total. The maximum absolute atomic E-state index is 14.4. The quantitative estimate of drug-likeness (QED) is 0.0120. The molecule has 15 rings (SSSR count). The van der Waals surface area contributed by atoms with E-state index in [1.165, 1.54) is 44.0 Å². The molecule has 42 heteroatoms. The molecule has 6 aliphatic heterocycles. The summed E-state index contributed by atoms with van der Waals surface area (Å²) in [5, 5.41) is 39.1. The number of alkyl carbamates (subject to hydrolysis) is 1. The molecule has 0 aromatic heterocycles. The van der Waals surface area contributed by atoms with Crippen LogP contribution in [0.25, 0.3) is 0 Å². The van der Waals surface area contributed by atoms with E-state index in [1.54, 1.807) is 6.92 Å². The molecule has 9 aromatic rings. The summed E-state index contributed by atoms with van der Waals surface area (Å²) in [5.41, 5.74) is 9.14. The second-order valence-corrected chi connectivity index (χ2v) is 30.8. The summed E-state index contributed by atoms with van der Waals surface area (Å²) in [6, 6.07) is 37.4. The Hall–Kier alpha value is -14.2. The SMILES string of the molecule is CC(=O)O.CCO.COC(=O)C1CC(=O)NC1c1ccc(F)cc1F.COC(=O)[C@@]1(Sc2ccc(C)cc2)CC(=O)NC1c1ccc(F)cc1F.Cc1ccc(S)cc1.N.N[C@H]1CC(=O)N[C@@H]1c1ccc(F)cc1F.O=C1C=CC(=O)O1.O=C1C[C@H](C(=O)O)[C@@H](c2ccc(F)cc2F)N1.O=C1C[C@H](NC(=O)OCc2ccccc2)[C@@H](c2ccc(F)cc2F)N1.O=Cc1ccc(F)cc1F. The van der Waals surface area contributed by atoms with Crippen molar-refractivity contribution in [2.45, 2.75) is 123 Å². The molecule has 3 unspecified atom stereocenters. The highest BCUT2D eigenvalue weighted by Gasteiger charge is 2.56. The van der Waals surface area contributed by atoms with Crippen LogP contribution in [0.3, 0.4) is 0 Å². The Bertz CT molecular complexity index is 5650. The van der Waals surface area contributed by atoms with Crippen LogP contribution in [0.2, 0.25) is 0 Å². The zero-order valence-electron chi connectivity index (χ0n) is 71.7. The third-order valence-corrected chi connectivity index (χ3v) is 20.8. The van der Waals surface area contributed by atoms with Crippen LogP contribution >= 0.6 is 24.4 Å². The predicted octanol–water partition coefficient (Wildman–Crippen LogP) is 13.7. The molecule has 0 aliphatic carbocycles. The number of nitrogens with one attached hydrogen (secondary N) is 6. The number of aliphatic hydroxyl groups is 1. The van der Waals surface area contributed by atoms with Gasteiger partial charge in [-0.15, -0.1) is 24.4 Å². The number of aldehydes is 1. The minimum Gasteiger partial charge on any atom is -0.481 e. The van der Waals surface area contributed by atoms with Crippen molar-refractivity contribution in [1.29, 1.82) is 0 Å². The minimum atomic E-state index is -1.39. The molecule has 6 amide bonds. The lowest BCUT2D eigenvalue weighted by atomic mass is 9.92. The van der Waals surface area contributed by atoms with Gasteiger partial charge in [-0.3, -0.25) is 47.9 Å². The average molecular weight is 1920 g/mol. The molecular weight excluding hydrogens is 1830 g/mol. The minimum absolute atomic E-state index is 0. The number of rotatable bonds is 14. The van der Waals surface area contributed by atoms with Gasteiger partial charge in [-0.25, -0.2) is 67.1 Å². The standard InChI is InChI=1S/C19H17F2NO3S.C18H16F2N2O3.C12H11F2NO3.C11H9F2NO3.C10H10F2N2O.C7H4F2O.C7H8S.C4H2O3.C2H4O2.C2H6O.H3N/c1-11-3-6-13(7-4-11)26-19(18(24)25-2)10-16(23)22-17(19)14-8-5-12(20)9-15(14)21;19-12-6-7-13(14(20)8-12)17-15(9-16(23)22-17)21-18(24)25-10-11-4-2-1-3-5-11;1-18-12(17)8-5-10(16)15-11(8)7-3-2-6(13)4-9(7)14;12-5-1-2-6(8(13)3-5)10-7(11(16)17)4-9(15)14-10;11-5-1-2-6(7(12)3-5)10-8(13)4-9(15)14-10;8-6-2-1-5(4-10)7(9)3-6;1-6-2-4-7(8)5-3-6;5-3-1-2-4(6)7-3;1-2(3)4;1-2-3;/h3-9,17H,10H2,1-2H3,(H,22,23);1-8,15,17H,9-10H2,(H,21,24)(H,22,23);2-4,8,11H,5H2,1H3,(H,15,16);1-3,7,10H,4H2,(H,14,15)(H,16,17);1-3,8,10H,4,13H2,(H,14,15);1-4H;2-5,8H,1H3;1-2H;1H3,(H,3,4);3H,2H2,1H3;1H3/t17?,19-;15-,17+;;7-,10+;8-,10+;;;;;;/m10.00....../s1. The summed E-state index contributed by atoms with van der Waals surface area (Å²) in [7, 11) is 2.42. The van der Waals surface area contributed by atoms with Crippen molar-refractivity contribution in [3.05, 3.63) is 320 Å². The third-order valence-electron chi connectivity index (χ3n) is 19.1. The number of methoxy groups -OCH3 is 2. The lowest BCUT2D eigenvalue weighted by Gasteiger charge is -2.31. The van der Waals surface area contributed by atoms with E-state index in [0.29, 0.717) is 24.5 Å². The highest BCUT2D eigenvalue weighted by atomic mass is 32.2. The van der Waals surface area contributed by atoms with E-state index in [2.05, 4.69) is 60.9 Å². The van der Waals surface area contributed by atoms with Gasteiger partial charge in [0.15, 0.2) is 11.0 Å². The fourth-order valence-corrected chi connectivity index (χ4v) is 14.5. The number of aliphatic hydroxyl groups excluding tert-OH is 1. The molecule has 5 saturated heterocycles. The number of amides is 6. The first-order valence-electron chi connectivity index (χ1n) is 39.4. The smallest absolute Gasteiger partial charge is 0.407 e. The van der Waals surface area contributed by atoms with E-state index in [4.69, 9.17) is 35.3 Å². The van der Waals surface area contributed by atoms with Crippen LogP contribution in [-0.4, -0.2) is 131 Å². The Kier molecular flexibility index (Phi) is 43.9. The van der Waals surface area contributed by atoms with Crippen molar-refractivity contribution in [1.82, 2.24) is 38.1 Å². The largest absolute Gasteiger partial charge is 0.481 e. The number of aliphatic carboxylic acids is 2. The van der Waals surface area contributed by atoms with Crippen LogP contribution in [0.4, 0.5) is 57.5 Å². The number of hydrogen-bond donors (Lipinski definition) is 12. The highest BCUT2D eigenvalue weighted by Crippen LogP contribution is 2.50. The normalized spacial score (nSPS) is 19.3. The fourth-order valence-electron chi connectivity index (χ4n) is 13.0. The number of hydrogen-bond acceptors (Lipinski definition) is 22. The lowest BCUT2D eigenvalue weighted by Crippen LogP contribution is -2.41. The van der Waals surface area contributed by atoms with Crippen molar-refractivity contribution in [3.63, 3.8) is 0 Å². The Balaban J connectivity index is 0.000000275. The number of esters is 4. The van der Waals surface area contributed by atoms with Crippen molar-refractivity contribution in [2.75, 3.05) is 20.8 Å². The number of thioether (sulfide) groups is 1. The molecule has 714 valence electrons. The maximum Gasteiger partial charge on any atom is 0.407 e. The molecule has 9 aromatic carbocycles. The first-order valence-corrected chi connectivity index (χ1v) is 40.7.